The molecule has 0 radical (unpaired) electrons. The highest BCUT2D eigenvalue weighted by Gasteiger charge is 2.51. The van der Waals surface area contributed by atoms with Crippen LogP contribution in [0.1, 0.15) is 12.5 Å². The van der Waals surface area contributed by atoms with Crippen molar-refractivity contribution < 1.29 is 38.5 Å². The number of aliphatic hydroxyl groups excluding tert-OH is 2. The number of ether oxygens (including phenoxy) is 2. The quantitative estimate of drug-likeness (QED) is 0.103. The molecule has 24 heteroatoms. The predicted octanol–water partition coefficient (Wildman–Crippen LogP) is -2.22. The van der Waals surface area contributed by atoms with Crippen molar-refractivity contribution in [2.45, 2.75) is 42.9 Å². The zero-order valence-corrected chi connectivity index (χ0v) is 26.2. The molecule has 242 valence electrons. The highest BCUT2D eigenvalue weighted by atomic mass is 32.5. The van der Waals surface area contributed by atoms with Crippen LogP contribution in [0, 0.1) is 5.92 Å². The van der Waals surface area contributed by atoms with Gasteiger partial charge in [-0.25, -0.2) is 25.0 Å². The Kier molecular flexibility index (Phi) is 7.80. The van der Waals surface area contributed by atoms with Gasteiger partial charge >= 0.3 is 0 Å². The molecular formula is C21H27N11O9P2S2. The van der Waals surface area contributed by atoms with E-state index < -0.39 is 67.5 Å². The number of nitrogens with one attached hydrogen (secondary N) is 2. The molecule has 4 aromatic heterocycles. The minimum Gasteiger partial charge on any atom is -0.388 e. The molecule has 0 saturated carbocycles. The van der Waals surface area contributed by atoms with Gasteiger partial charge in [-0.3, -0.25) is 18.9 Å². The molecule has 3 aliphatic heterocycles. The van der Waals surface area contributed by atoms with Crippen molar-refractivity contribution in [3.8, 4) is 0 Å². The van der Waals surface area contributed by atoms with Gasteiger partial charge in [-0.2, -0.15) is 4.98 Å². The van der Waals surface area contributed by atoms with Gasteiger partial charge in [0, 0.05) is 12.1 Å². The molecule has 10 atom stereocenters. The van der Waals surface area contributed by atoms with Gasteiger partial charge in [-0.05, 0) is 23.6 Å². The van der Waals surface area contributed by atoms with Crippen LogP contribution in [0.3, 0.4) is 0 Å². The number of aromatic nitrogens is 8. The number of aromatic amines is 1. The smallest absolute Gasteiger partial charge is 0.280 e. The van der Waals surface area contributed by atoms with Gasteiger partial charge in [-0.15, -0.1) is 0 Å². The lowest BCUT2D eigenvalue weighted by Crippen LogP contribution is -2.45. The lowest BCUT2D eigenvalue weighted by molar-refractivity contribution is -0.0470. The van der Waals surface area contributed by atoms with Crippen LogP contribution in [0.15, 0.2) is 23.8 Å². The molecule has 3 fully saturated rings. The van der Waals surface area contributed by atoms with Gasteiger partial charge in [0.25, 0.3) is 12.2 Å². The molecule has 7 heterocycles. The first kappa shape index (κ1) is 31.1. The van der Waals surface area contributed by atoms with Gasteiger partial charge in [-0.1, -0.05) is 0 Å². The Morgan fingerprint density at radius 2 is 1.58 bits per heavy atom. The first-order valence-corrected chi connectivity index (χ1v) is 18.9. The molecule has 2 unspecified atom stereocenters. The molecule has 0 aromatic carbocycles. The first-order chi connectivity index (χ1) is 21.3. The molecule has 3 aliphatic rings. The van der Waals surface area contributed by atoms with E-state index in [0.29, 0.717) is 11.2 Å². The van der Waals surface area contributed by atoms with E-state index in [4.69, 9.17) is 53.6 Å². The van der Waals surface area contributed by atoms with Crippen molar-refractivity contribution in [1.82, 2.24) is 44.1 Å². The third-order valence-electron chi connectivity index (χ3n) is 7.89. The van der Waals surface area contributed by atoms with Gasteiger partial charge < -0.3 is 50.0 Å². The average Bonchev–Trinajstić information content (AvgIpc) is 3.72. The van der Waals surface area contributed by atoms with Crippen LogP contribution in [0.25, 0.3) is 22.3 Å². The molecule has 4 aromatic rings. The number of fused-ring (bicyclic) bond motifs is 4. The maximum atomic E-state index is 12.3. The van der Waals surface area contributed by atoms with Gasteiger partial charge in [0.2, 0.25) is 5.95 Å². The Morgan fingerprint density at radius 3 is 2.36 bits per heavy atom. The zero-order valence-electron chi connectivity index (χ0n) is 22.8. The fourth-order valence-electron chi connectivity index (χ4n) is 5.78. The summed E-state index contributed by atoms with van der Waals surface area (Å²) in [5, 5.41) is 25.5. The number of aliphatic hydroxyl groups is 2. The monoisotopic (exact) mass is 703 g/mol. The minimum absolute atomic E-state index is 0.0406. The minimum atomic E-state index is -3.86. The highest BCUT2D eigenvalue weighted by molar-refractivity contribution is 8.09. The Balaban J connectivity index is 1.17. The summed E-state index contributed by atoms with van der Waals surface area (Å²) in [7, 11) is 0. The summed E-state index contributed by atoms with van der Waals surface area (Å²) in [4.78, 5) is 57.5. The number of hydrogen-bond donors (Lipinski definition) is 8. The lowest BCUT2D eigenvalue weighted by atomic mass is 10.0. The number of rotatable bonds is 2. The molecular weight excluding hydrogens is 676 g/mol. The van der Waals surface area contributed by atoms with Crippen LogP contribution < -0.4 is 22.1 Å². The van der Waals surface area contributed by atoms with Crippen LogP contribution >= 0.6 is 13.1 Å². The van der Waals surface area contributed by atoms with Crippen molar-refractivity contribution in [3.63, 3.8) is 0 Å². The zero-order chi connectivity index (χ0) is 31.8. The number of nitrogen functional groups attached to an aromatic ring is 2. The summed E-state index contributed by atoms with van der Waals surface area (Å²) in [6.45, 7) is -8.17. The van der Waals surface area contributed by atoms with E-state index in [0.717, 1.165) is 0 Å². The number of imidazole rings is 2. The summed E-state index contributed by atoms with van der Waals surface area (Å²) in [5.41, 5.74) is 11.6. The normalized spacial score (nSPS) is 37.7. The molecule has 10 N–H and O–H groups in total. The Bertz CT molecular complexity index is 1940. The number of anilines is 2. The summed E-state index contributed by atoms with van der Waals surface area (Å²) in [6.07, 6.45) is -3.19. The van der Waals surface area contributed by atoms with Crippen molar-refractivity contribution in [2.75, 3.05) is 30.8 Å². The third-order valence-corrected chi connectivity index (χ3v) is 11.8. The first-order valence-electron chi connectivity index (χ1n) is 13.4. The standard InChI is InChI=1S/C21H27N11O9P2S2/c22-15-11-16(25-4-24-15)31(5-26-11)19-13(33)7-3-42(36,44)38-2-9-10(30-43(37,45)39-1-8(7)40-19)14(34)20(41-9)32-6-27-12-17(32)28-21(23)29-18(12)35/h4-10,13-14,19-20,33-34H,1-3H2,(H,36,44)(H2,22,24,25)(H2,30,37,45)(H3,23,28,29,35)/t7-,8-,9-,10-,13-,14-,19-,20-,42?,43?/m1/s1. The van der Waals surface area contributed by atoms with Crippen LogP contribution in [-0.4, -0.2) is 109 Å². The molecule has 7 rings (SSSR count). The molecule has 0 aliphatic carbocycles. The summed E-state index contributed by atoms with van der Waals surface area (Å²) >= 11 is 10.8. The number of H-pyrrole nitrogens is 1. The van der Waals surface area contributed by atoms with Crippen molar-refractivity contribution >= 4 is 70.8 Å². The van der Waals surface area contributed by atoms with Gasteiger partial charge in [0.05, 0.1) is 38.0 Å². The highest BCUT2D eigenvalue weighted by Crippen LogP contribution is 2.52. The number of nitrogens with zero attached hydrogens (tertiary/aromatic N) is 7. The molecule has 3 saturated heterocycles. The van der Waals surface area contributed by atoms with E-state index in [1.807, 2.05) is 0 Å². The molecule has 0 amide bonds. The van der Waals surface area contributed by atoms with E-state index in [1.165, 1.54) is 28.1 Å². The molecule has 0 bridgehead atoms. The summed E-state index contributed by atoms with van der Waals surface area (Å²) in [6, 6.07) is -1.10. The number of hydrogen-bond acceptors (Lipinski definition) is 16. The van der Waals surface area contributed by atoms with E-state index in [9.17, 15) is 24.8 Å². The Labute approximate surface area is 262 Å². The van der Waals surface area contributed by atoms with Crippen molar-refractivity contribution in [2.24, 2.45) is 5.92 Å². The molecule has 45 heavy (non-hydrogen) atoms. The largest absolute Gasteiger partial charge is 0.388 e. The van der Waals surface area contributed by atoms with E-state index in [1.54, 1.807) is 0 Å². The van der Waals surface area contributed by atoms with Gasteiger partial charge in [0.1, 0.15) is 30.2 Å². The Morgan fingerprint density at radius 1 is 0.911 bits per heavy atom. The van der Waals surface area contributed by atoms with E-state index in [-0.39, 0.29) is 42.3 Å². The van der Waals surface area contributed by atoms with Crippen molar-refractivity contribution in [3.05, 3.63) is 29.3 Å². The fourth-order valence-corrected chi connectivity index (χ4v) is 9.61. The second-order valence-corrected chi connectivity index (χ2v) is 17.4. The lowest BCUT2D eigenvalue weighted by Gasteiger charge is -2.31. The summed E-state index contributed by atoms with van der Waals surface area (Å²) < 4.78 is 26.6. The van der Waals surface area contributed by atoms with Crippen LogP contribution in [-0.2, 0) is 42.1 Å². The second-order valence-electron chi connectivity index (χ2n) is 10.7. The van der Waals surface area contributed by atoms with Crippen LogP contribution in [0.5, 0.6) is 0 Å². The van der Waals surface area contributed by atoms with E-state index in [2.05, 4.69) is 35.0 Å². The van der Waals surface area contributed by atoms with E-state index >= 15 is 0 Å². The predicted molar refractivity (Wildman–Crippen MR) is 162 cm³/mol. The van der Waals surface area contributed by atoms with Gasteiger partial charge in [0.15, 0.2) is 41.6 Å². The maximum absolute atomic E-state index is 12.3. The second kappa shape index (κ2) is 11.3. The third kappa shape index (κ3) is 5.58. The van der Waals surface area contributed by atoms with Crippen LogP contribution in [0.4, 0.5) is 11.8 Å². The van der Waals surface area contributed by atoms with Crippen LogP contribution in [0.2, 0.25) is 0 Å². The summed E-state index contributed by atoms with van der Waals surface area (Å²) in [5.74, 6) is -0.868. The molecule has 20 nitrogen and oxygen atoms in total. The number of nitrogens with two attached hydrogens (primary N) is 2. The average molecular weight is 704 g/mol. The maximum Gasteiger partial charge on any atom is 0.280 e. The SMILES string of the molecule is Nc1nc2c(ncn2[C@@H]2O[C@@H]3COP(O)(=S)C[C@H]4[C@@H](O)[C@H](n5cnc6c(N)ncnc65)O[C@@H]4COP(O)(=S)N[C@H]3[C@H]2O)c(=O)[nH]1. The topological polar surface area (TPSA) is 289 Å². The fraction of sp³-hybridized carbons (Fsp3) is 0.524. The van der Waals surface area contributed by atoms with Crippen molar-refractivity contribution in [1.29, 1.82) is 0 Å². The molecule has 0 spiro atoms. The Hall–Kier alpha value is -2.56.